The van der Waals surface area contributed by atoms with Crippen LogP contribution < -0.4 is 9.84 Å². The van der Waals surface area contributed by atoms with Crippen LogP contribution in [0.3, 0.4) is 0 Å². The quantitative estimate of drug-likeness (QED) is 0.745. The van der Waals surface area contributed by atoms with Crippen molar-refractivity contribution in [2.75, 3.05) is 32.8 Å². The summed E-state index contributed by atoms with van der Waals surface area (Å²) < 4.78 is 5.52. The number of aliphatic hydroxyl groups is 1. The van der Waals surface area contributed by atoms with Crippen molar-refractivity contribution >= 4 is 6.09 Å². The van der Waals surface area contributed by atoms with Crippen LogP contribution in [-0.2, 0) is 0 Å². The summed E-state index contributed by atoms with van der Waals surface area (Å²) in [6.45, 7) is 2.26. The van der Waals surface area contributed by atoms with E-state index >= 15 is 0 Å². The van der Waals surface area contributed by atoms with Crippen molar-refractivity contribution in [2.24, 2.45) is 0 Å². The van der Waals surface area contributed by atoms with E-state index in [4.69, 9.17) is 4.74 Å². The molecule has 1 saturated heterocycles. The molecule has 0 aromatic heterocycles. The molecule has 6 heteroatoms. The third-order valence-corrected chi connectivity index (χ3v) is 3.98. The van der Waals surface area contributed by atoms with Crippen molar-refractivity contribution < 1.29 is 19.7 Å². The lowest BCUT2D eigenvalue weighted by atomic mass is 9.96. The second kappa shape index (κ2) is 5.30. The lowest BCUT2D eigenvalue weighted by Crippen LogP contribution is -2.55. The fraction of sp³-hybridized carbons (Fsp3) is 0.500. The first-order valence-electron chi connectivity index (χ1n) is 6.76. The van der Waals surface area contributed by atoms with Crippen LogP contribution in [0.15, 0.2) is 24.3 Å². The lowest BCUT2D eigenvalue weighted by Gasteiger charge is -2.43. The van der Waals surface area contributed by atoms with Gasteiger partial charge >= 0.3 is 0 Å². The van der Waals surface area contributed by atoms with Crippen LogP contribution >= 0.6 is 0 Å². The Balaban J connectivity index is 1.79. The largest absolute Gasteiger partial charge is 0.530 e. The van der Waals surface area contributed by atoms with Crippen molar-refractivity contribution in [1.29, 1.82) is 0 Å². The highest BCUT2D eigenvalue weighted by Crippen LogP contribution is 2.36. The SMILES string of the molecule is O=C([O-])N1CCN(C2c3ccccc3OCC2O)CC1. The van der Waals surface area contributed by atoms with Gasteiger partial charge in [-0.2, -0.15) is 0 Å². The molecule has 2 aliphatic heterocycles. The topological polar surface area (TPSA) is 76.1 Å². The normalized spacial score (nSPS) is 26.8. The standard InChI is InChI=1S/C14H18N2O4/c17-11-9-20-12-4-2-1-3-10(12)13(11)15-5-7-16(8-6-15)14(18)19/h1-4,11,13,17H,5-9H2,(H,18,19)/p-1. The van der Waals surface area contributed by atoms with Crippen LogP contribution in [0.2, 0.25) is 0 Å². The molecule has 2 heterocycles. The number of benzene rings is 1. The summed E-state index contributed by atoms with van der Waals surface area (Å²) in [5, 5.41) is 21.1. The van der Waals surface area contributed by atoms with Gasteiger partial charge in [-0.15, -0.1) is 0 Å². The Morgan fingerprint density at radius 1 is 1.25 bits per heavy atom. The summed E-state index contributed by atoms with van der Waals surface area (Å²) in [5.41, 5.74) is 0.966. The minimum absolute atomic E-state index is 0.135. The zero-order valence-corrected chi connectivity index (χ0v) is 11.1. The number of piperazine rings is 1. The highest BCUT2D eigenvalue weighted by molar-refractivity contribution is 5.62. The third-order valence-electron chi connectivity index (χ3n) is 3.98. The maximum Gasteiger partial charge on any atom is 0.137 e. The first-order valence-corrected chi connectivity index (χ1v) is 6.76. The molecule has 2 aliphatic rings. The number of rotatable bonds is 1. The number of para-hydroxylation sites is 1. The molecule has 0 spiro atoms. The average molecular weight is 277 g/mol. The van der Waals surface area contributed by atoms with E-state index in [2.05, 4.69) is 4.90 Å². The molecule has 0 saturated carbocycles. The Hall–Kier alpha value is -1.79. The Kier molecular flexibility index (Phi) is 3.50. The monoisotopic (exact) mass is 277 g/mol. The molecule has 0 bridgehead atoms. The first-order chi connectivity index (χ1) is 9.66. The third kappa shape index (κ3) is 2.32. The van der Waals surface area contributed by atoms with Gasteiger partial charge in [-0.05, 0) is 6.07 Å². The number of ether oxygens (including phenoxy) is 1. The van der Waals surface area contributed by atoms with Gasteiger partial charge in [0.2, 0.25) is 0 Å². The number of fused-ring (bicyclic) bond motifs is 1. The summed E-state index contributed by atoms with van der Waals surface area (Å²) >= 11 is 0. The minimum atomic E-state index is -1.13. The molecule has 0 aliphatic carbocycles. The Labute approximate surface area is 117 Å². The number of amides is 1. The summed E-state index contributed by atoms with van der Waals surface area (Å²) in [4.78, 5) is 14.2. The fourth-order valence-corrected chi connectivity index (χ4v) is 2.95. The van der Waals surface area contributed by atoms with Crippen molar-refractivity contribution in [3.05, 3.63) is 29.8 Å². The van der Waals surface area contributed by atoms with Crippen molar-refractivity contribution in [3.63, 3.8) is 0 Å². The molecule has 20 heavy (non-hydrogen) atoms. The van der Waals surface area contributed by atoms with E-state index in [1.807, 2.05) is 24.3 Å². The zero-order chi connectivity index (χ0) is 14.1. The molecular weight excluding hydrogens is 260 g/mol. The molecule has 1 N–H and O–H groups in total. The van der Waals surface area contributed by atoms with Gasteiger partial charge in [0.05, 0.1) is 6.04 Å². The zero-order valence-electron chi connectivity index (χ0n) is 11.1. The predicted molar refractivity (Wildman–Crippen MR) is 69.2 cm³/mol. The van der Waals surface area contributed by atoms with Gasteiger partial charge in [-0.25, -0.2) is 0 Å². The molecule has 1 aromatic carbocycles. The van der Waals surface area contributed by atoms with Crippen LogP contribution in [0.1, 0.15) is 11.6 Å². The fourth-order valence-electron chi connectivity index (χ4n) is 2.95. The summed E-state index contributed by atoms with van der Waals surface area (Å²) in [6.07, 6.45) is -1.73. The van der Waals surface area contributed by atoms with E-state index in [0.717, 1.165) is 11.3 Å². The number of nitrogens with zero attached hydrogens (tertiary/aromatic N) is 2. The van der Waals surface area contributed by atoms with Crippen LogP contribution in [0.4, 0.5) is 4.79 Å². The van der Waals surface area contributed by atoms with Crippen LogP contribution in [-0.4, -0.2) is 59.9 Å². The second-order valence-electron chi connectivity index (χ2n) is 5.15. The number of carbonyl (C=O) groups is 1. The smallest absolute Gasteiger partial charge is 0.137 e. The predicted octanol–water partition coefficient (Wildman–Crippen LogP) is -0.558. The Morgan fingerprint density at radius 2 is 1.95 bits per heavy atom. The summed E-state index contributed by atoms with van der Waals surface area (Å²) in [7, 11) is 0. The number of hydrogen-bond donors (Lipinski definition) is 1. The molecule has 2 atom stereocenters. The van der Waals surface area contributed by atoms with E-state index in [1.54, 1.807) is 0 Å². The van der Waals surface area contributed by atoms with Gasteiger partial charge < -0.3 is 24.6 Å². The molecule has 0 radical (unpaired) electrons. The molecule has 108 valence electrons. The van der Waals surface area contributed by atoms with E-state index in [9.17, 15) is 15.0 Å². The lowest BCUT2D eigenvalue weighted by molar-refractivity contribution is -0.267. The molecule has 1 aromatic rings. The molecular formula is C14H17N2O4-. The highest BCUT2D eigenvalue weighted by atomic mass is 16.5. The van der Waals surface area contributed by atoms with E-state index in [1.165, 1.54) is 4.90 Å². The number of hydrogen-bond acceptors (Lipinski definition) is 5. The highest BCUT2D eigenvalue weighted by Gasteiger charge is 2.35. The van der Waals surface area contributed by atoms with Crippen molar-refractivity contribution in [3.8, 4) is 5.75 Å². The Bertz CT molecular complexity index is 500. The van der Waals surface area contributed by atoms with Crippen molar-refractivity contribution in [1.82, 2.24) is 9.80 Å². The van der Waals surface area contributed by atoms with Crippen LogP contribution in [0, 0.1) is 0 Å². The molecule has 1 fully saturated rings. The van der Waals surface area contributed by atoms with Gasteiger partial charge in [0.15, 0.2) is 0 Å². The summed E-state index contributed by atoms with van der Waals surface area (Å²) in [6, 6.07) is 7.54. The van der Waals surface area contributed by atoms with E-state index < -0.39 is 12.2 Å². The average Bonchev–Trinajstić information content (AvgIpc) is 2.47. The number of carbonyl (C=O) groups excluding carboxylic acids is 1. The maximum atomic E-state index is 10.8. The second-order valence-corrected chi connectivity index (χ2v) is 5.15. The number of carboxylic acid groups (broad SMARTS) is 1. The first kappa shape index (κ1) is 13.2. The number of aliphatic hydroxyl groups excluding tert-OH is 1. The minimum Gasteiger partial charge on any atom is -0.530 e. The molecule has 1 amide bonds. The molecule has 3 rings (SSSR count). The molecule has 6 nitrogen and oxygen atoms in total. The van der Waals surface area contributed by atoms with Gasteiger partial charge in [-0.3, -0.25) is 4.90 Å². The summed E-state index contributed by atoms with van der Waals surface area (Å²) in [5.74, 6) is 0.796. The maximum absolute atomic E-state index is 10.8. The Morgan fingerprint density at radius 3 is 2.65 bits per heavy atom. The van der Waals surface area contributed by atoms with Gasteiger partial charge in [0.1, 0.15) is 24.6 Å². The van der Waals surface area contributed by atoms with Gasteiger partial charge in [-0.1, -0.05) is 18.2 Å². The van der Waals surface area contributed by atoms with Gasteiger partial charge in [0, 0.05) is 31.7 Å². The van der Waals surface area contributed by atoms with E-state index in [-0.39, 0.29) is 12.6 Å². The van der Waals surface area contributed by atoms with Crippen LogP contribution in [0.5, 0.6) is 5.75 Å². The van der Waals surface area contributed by atoms with E-state index in [0.29, 0.717) is 26.2 Å². The van der Waals surface area contributed by atoms with Crippen LogP contribution in [0.25, 0.3) is 0 Å². The van der Waals surface area contributed by atoms with Crippen molar-refractivity contribution in [2.45, 2.75) is 12.1 Å². The van der Waals surface area contributed by atoms with Gasteiger partial charge in [0.25, 0.3) is 0 Å². The molecule has 2 unspecified atom stereocenters.